The SMILES string of the molecule is CCCCOC(=O)c1c(C(=O)Nc2cccc(N(C)C)c2)cccc1[N+](=O)[O-]. The molecule has 0 aliphatic heterocycles. The summed E-state index contributed by atoms with van der Waals surface area (Å²) >= 11 is 0. The van der Waals surface area contributed by atoms with E-state index in [-0.39, 0.29) is 17.7 Å². The minimum absolute atomic E-state index is 0.106. The molecule has 8 nitrogen and oxygen atoms in total. The lowest BCUT2D eigenvalue weighted by molar-refractivity contribution is -0.385. The first kappa shape index (κ1) is 20.9. The van der Waals surface area contributed by atoms with Crippen LogP contribution in [0.4, 0.5) is 17.1 Å². The molecule has 0 atom stereocenters. The molecule has 0 spiro atoms. The average Bonchev–Trinajstić information content (AvgIpc) is 2.67. The maximum Gasteiger partial charge on any atom is 0.346 e. The number of nitro groups is 1. The van der Waals surface area contributed by atoms with Gasteiger partial charge in [0.2, 0.25) is 0 Å². The molecule has 0 saturated carbocycles. The van der Waals surface area contributed by atoms with E-state index in [1.165, 1.54) is 18.2 Å². The maximum absolute atomic E-state index is 12.8. The highest BCUT2D eigenvalue weighted by molar-refractivity contribution is 6.12. The monoisotopic (exact) mass is 385 g/mol. The lowest BCUT2D eigenvalue weighted by atomic mass is 10.0. The Labute approximate surface area is 163 Å². The van der Waals surface area contributed by atoms with Crippen LogP contribution in [0.25, 0.3) is 0 Å². The van der Waals surface area contributed by atoms with Gasteiger partial charge in [0, 0.05) is 31.5 Å². The molecule has 2 aromatic carbocycles. The van der Waals surface area contributed by atoms with Gasteiger partial charge in [0.05, 0.1) is 17.1 Å². The van der Waals surface area contributed by atoms with E-state index in [0.717, 1.165) is 12.1 Å². The van der Waals surface area contributed by atoms with Crippen LogP contribution in [0.1, 0.15) is 40.5 Å². The summed E-state index contributed by atoms with van der Waals surface area (Å²) in [6, 6.07) is 11.0. The number of esters is 1. The normalized spacial score (nSPS) is 10.2. The third-order valence-electron chi connectivity index (χ3n) is 4.04. The van der Waals surface area contributed by atoms with Crippen LogP contribution in [0.3, 0.4) is 0 Å². The van der Waals surface area contributed by atoms with Gasteiger partial charge in [-0.15, -0.1) is 0 Å². The van der Waals surface area contributed by atoms with Gasteiger partial charge in [-0.05, 0) is 30.7 Å². The van der Waals surface area contributed by atoms with Crippen molar-refractivity contribution in [2.24, 2.45) is 0 Å². The second-order valence-electron chi connectivity index (χ2n) is 6.35. The number of nitrogens with one attached hydrogen (secondary N) is 1. The second-order valence-corrected chi connectivity index (χ2v) is 6.35. The Kier molecular flexibility index (Phi) is 7.08. The van der Waals surface area contributed by atoms with Crippen molar-refractivity contribution >= 4 is 28.9 Å². The van der Waals surface area contributed by atoms with Crippen LogP contribution in [-0.2, 0) is 4.74 Å². The smallest absolute Gasteiger partial charge is 0.346 e. The van der Waals surface area contributed by atoms with Crippen molar-refractivity contribution in [3.8, 4) is 0 Å². The number of rotatable bonds is 8. The fourth-order valence-corrected chi connectivity index (χ4v) is 2.54. The summed E-state index contributed by atoms with van der Waals surface area (Å²) < 4.78 is 5.12. The Morgan fingerprint density at radius 2 is 1.89 bits per heavy atom. The van der Waals surface area contributed by atoms with Crippen LogP contribution < -0.4 is 10.2 Å². The highest BCUT2D eigenvalue weighted by Gasteiger charge is 2.28. The van der Waals surface area contributed by atoms with Crippen molar-refractivity contribution in [1.82, 2.24) is 0 Å². The fourth-order valence-electron chi connectivity index (χ4n) is 2.54. The van der Waals surface area contributed by atoms with Gasteiger partial charge >= 0.3 is 5.97 Å². The van der Waals surface area contributed by atoms with Crippen LogP contribution in [0, 0.1) is 10.1 Å². The summed E-state index contributed by atoms with van der Waals surface area (Å²) in [6.07, 6.45) is 1.44. The number of nitrogens with zero attached hydrogens (tertiary/aromatic N) is 2. The predicted octanol–water partition coefficient (Wildman–Crippen LogP) is 3.87. The third kappa shape index (κ3) is 5.06. The van der Waals surface area contributed by atoms with E-state index in [4.69, 9.17) is 4.74 Å². The molecule has 0 heterocycles. The molecule has 0 aliphatic rings. The first-order chi connectivity index (χ1) is 13.3. The molecule has 1 N–H and O–H groups in total. The number of carbonyl (C=O) groups excluding carboxylic acids is 2. The molecule has 0 saturated heterocycles. The minimum atomic E-state index is -0.882. The number of hydrogen-bond donors (Lipinski definition) is 1. The van der Waals surface area contributed by atoms with E-state index in [1.807, 2.05) is 32.0 Å². The zero-order chi connectivity index (χ0) is 20.7. The Bertz CT molecular complexity index is 880. The van der Waals surface area contributed by atoms with E-state index >= 15 is 0 Å². The quantitative estimate of drug-likeness (QED) is 0.320. The predicted molar refractivity (Wildman–Crippen MR) is 107 cm³/mol. The van der Waals surface area contributed by atoms with Gasteiger partial charge in [-0.2, -0.15) is 0 Å². The Hall–Kier alpha value is -3.42. The van der Waals surface area contributed by atoms with Crippen LogP contribution in [-0.4, -0.2) is 37.5 Å². The first-order valence-corrected chi connectivity index (χ1v) is 8.88. The zero-order valence-electron chi connectivity index (χ0n) is 16.1. The molecular formula is C20H23N3O5. The van der Waals surface area contributed by atoms with Crippen molar-refractivity contribution in [3.63, 3.8) is 0 Å². The van der Waals surface area contributed by atoms with E-state index in [1.54, 1.807) is 18.2 Å². The number of nitro benzene ring substituents is 1. The first-order valence-electron chi connectivity index (χ1n) is 8.88. The van der Waals surface area contributed by atoms with Crippen molar-refractivity contribution < 1.29 is 19.2 Å². The van der Waals surface area contributed by atoms with Gasteiger partial charge in [0.15, 0.2) is 0 Å². The molecule has 0 aromatic heterocycles. The number of carbonyl (C=O) groups is 2. The van der Waals surface area contributed by atoms with Gasteiger partial charge in [0.1, 0.15) is 5.56 Å². The number of unbranched alkanes of at least 4 members (excludes halogenated alkanes) is 1. The molecule has 1 amide bonds. The van der Waals surface area contributed by atoms with E-state index in [2.05, 4.69) is 5.32 Å². The number of ether oxygens (including phenoxy) is 1. The molecule has 0 unspecified atom stereocenters. The van der Waals surface area contributed by atoms with Crippen molar-refractivity contribution in [2.45, 2.75) is 19.8 Å². The van der Waals surface area contributed by atoms with Crippen molar-refractivity contribution in [3.05, 3.63) is 63.7 Å². The van der Waals surface area contributed by atoms with Crippen LogP contribution in [0.5, 0.6) is 0 Å². The van der Waals surface area contributed by atoms with Gasteiger partial charge < -0.3 is 15.0 Å². The summed E-state index contributed by atoms with van der Waals surface area (Å²) in [6.45, 7) is 2.06. The summed E-state index contributed by atoms with van der Waals surface area (Å²) in [4.78, 5) is 37.8. The summed E-state index contributed by atoms with van der Waals surface area (Å²) in [7, 11) is 3.73. The molecule has 0 fully saturated rings. The number of amides is 1. The van der Waals surface area contributed by atoms with Crippen molar-refractivity contribution in [2.75, 3.05) is 30.9 Å². The summed E-state index contributed by atoms with van der Waals surface area (Å²) in [5.41, 5.74) is 0.469. The van der Waals surface area contributed by atoms with E-state index in [9.17, 15) is 19.7 Å². The topological polar surface area (TPSA) is 102 Å². The number of benzene rings is 2. The standard InChI is InChI=1S/C20H23N3O5/c1-4-5-12-28-20(25)18-16(10-7-11-17(18)23(26)27)19(24)21-14-8-6-9-15(13-14)22(2)3/h6-11,13H,4-5,12H2,1-3H3,(H,21,24). The molecule has 0 aliphatic carbocycles. The van der Waals surface area contributed by atoms with Gasteiger partial charge in [-0.25, -0.2) is 4.79 Å². The maximum atomic E-state index is 12.8. The number of anilines is 2. The largest absolute Gasteiger partial charge is 0.462 e. The molecular weight excluding hydrogens is 362 g/mol. The van der Waals surface area contributed by atoms with Crippen molar-refractivity contribution in [1.29, 1.82) is 0 Å². The molecule has 2 aromatic rings. The van der Waals surface area contributed by atoms with Crippen LogP contribution in [0.15, 0.2) is 42.5 Å². The molecule has 28 heavy (non-hydrogen) atoms. The Balaban J connectivity index is 2.36. The fraction of sp³-hybridized carbons (Fsp3) is 0.300. The van der Waals surface area contributed by atoms with E-state index in [0.29, 0.717) is 12.1 Å². The van der Waals surface area contributed by atoms with E-state index < -0.39 is 22.5 Å². The lowest BCUT2D eigenvalue weighted by Gasteiger charge is -2.14. The Morgan fingerprint density at radius 3 is 2.54 bits per heavy atom. The average molecular weight is 385 g/mol. The minimum Gasteiger partial charge on any atom is -0.462 e. The van der Waals surface area contributed by atoms with Gasteiger partial charge in [-0.3, -0.25) is 14.9 Å². The molecule has 8 heteroatoms. The second kappa shape index (κ2) is 9.50. The molecule has 2 rings (SSSR count). The molecule has 148 valence electrons. The lowest BCUT2D eigenvalue weighted by Crippen LogP contribution is -2.19. The van der Waals surface area contributed by atoms with Crippen LogP contribution in [0.2, 0.25) is 0 Å². The number of hydrogen-bond acceptors (Lipinski definition) is 6. The van der Waals surface area contributed by atoms with Crippen LogP contribution >= 0.6 is 0 Å². The Morgan fingerprint density at radius 1 is 1.18 bits per heavy atom. The molecule has 0 bridgehead atoms. The van der Waals surface area contributed by atoms with Gasteiger partial charge in [0.25, 0.3) is 11.6 Å². The summed E-state index contributed by atoms with van der Waals surface area (Å²) in [5, 5.41) is 14.1. The molecule has 0 radical (unpaired) electrons. The third-order valence-corrected chi connectivity index (χ3v) is 4.04. The highest BCUT2D eigenvalue weighted by atomic mass is 16.6. The highest BCUT2D eigenvalue weighted by Crippen LogP contribution is 2.25. The summed E-state index contributed by atoms with van der Waals surface area (Å²) in [5.74, 6) is -1.50. The zero-order valence-corrected chi connectivity index (χ0v) is 16.1. The van der Waals surface area contributed by atoms with Gasteiger partial charge in [-0.1, -0.05) is 25.5 Å².